The fourth-order valence-corrected chi connectivity index (χ4v) is 1.65. The minimum atomic E-state index is 0.732. The van der Waals surface area contributed by atoms with E-state index in [1.54, 1.807) is 0 Å². The van der Waals surface area contributed by atoms with E-state index in [2.05, 4.69) is 39.7 Å². The molecule has 2 aromatic rings. The SMILES string of the molecule is Cc1nc2cc(CI)ccc2o1. The molecule has 0 amide bonds. The average Bonchev–Trinajstić information content (AvgIpc) is 2.43. The quantitative estimate of drug-likeness (QED) is 0.589. The van der Waals surface area contributed by atoms with Gasteiger partial charge in [-0.1, -0.05) is 28.7 Å². The third-order valence-corrected chi connectivity index (χ3v) is 2.59. The van der Waals surface area contributed by atoms with E-state index in [0.717, 1.165) is 21.4 Å². The van der Waals surface area contributed by atoms with Crippen molar-refractivity contribution in [2.45, 2.75) is 11.4 Å². The van der Waals surface area contributed by atoms with Crippen LogP contribution in [0.2, 0.25) is 0 Å². The highest BCUT2D eigenvalue weighted by molar-refractivity contribution is 14.1. The summed E-state index contributed by atoms with van der Waals surface area (Å²) in [6, 6.07) is 6.11. The van der Waals surface area contributed by atoms with Crippen LogP contribution in [-0.4, -0.2) is 4.98 Å². The molecule has 0 saturated heterocycles. The number of benzene rings is 1. The zero-order valence-electron chi connectivity index (χ0n) is 6.67. The van der Waals surface area contributed by atoms with E-state index in [1.807, 2.05) is 13.0 Å². The van der Waals surface area contributed by atoms with E-state index in [0.29, 0.717) is 0 Å². The Morgan fingerprint density at radius 2 is 2.33 bits per heavy atom. The van der Waals surface area contributed by atoms with Crippen molar-refractivity contribution in [1.82, 2.24) is 4.98 Å². The Hall–Kier alpha value is -0.580. The summed E-state index contributed by atoms with van der Waals surface area (Å²) in [6.07, 6.45) is 0. The van der Waals surface area contributed by atoms with Gasteiger partial charge in [-0.15, -0.1) is 0 Å². The summed E-state index contributed by atoms with van der Waals surface area (Å²) >= 11 is 2.33. The van der Waals surface area contributed by atoms with Gasteiger partial charge in [-0.05, 0) is 17.7 Å². The van der Waals surface area contributed by atoms with Gasteiger partial charge in [0.1, 0.15) is 5.52 Å². The number of fused-ring (bicyclic) bond motifs is 1. The van der Waals surface area contributed by atoms with Crippen molar-refractivity contribution in [3.8, 4) is 0 Å². The Morgan fingerprint density at radius 1 is 1.50 bits per heavy atom. The molecule has 0 N–H and O–H groups in total. The largest absolute Gasteiger partial charge is 0.441 e. The van der Waals surface area contributed by atoms with Gasteiger partial charge in [0.25, 0.3) is 0 Å². The molecule has 0 fully saturated rings. The molecule has 2 rings (SSSR count). The molecule has 0 atom stereocenters. The maximum atomic E-state index is 5.35. The lowest BCUT2D eigenvalue weighted by atomic mass is 10.2. The number of halogens is 1. The number of alkyl halides is 1. The zero-order chi connectivity index (χ0) is 8.55. The van der Waals surface area contributed by atoms with Gasteiger partial charge in [0, 0.05) is 11.4 Å². The lowest BCUT2D eigenvalue weighted by molar-refractivity contribution is 0.561. The Kier molecular flexibility index (Phi) is 2.04. The van der Waals surface area contributed by atoms with Gasteiger partial charge in [0.15, 0.2) is 11.5 Å². The standard InChI is InChI=1S/C9H8INO/c1-6-11-8-4-7(5-10)2-3-9(8)12-6/h2-4H,5H2,1H3. The lowest BCUT2D eigenvalue weighted by Crippen LogP contribution is -1.75. The topological polar surface area (TPSA) is 26.0 Å². The number of hydrogen-bond donors (Lipinski definition) is 0. The van der Waals surface area contributed by atoms with Gasteiger partial charge in [0.05, 0.1) is 0 Å². The van der Waals surface area contributed by atoms with E-state index in [1.165, 1.54) is 5.56 Å². The van der Waals surface area contributed by atoms with Crippen molar-refractivity contribution in [2.75, 3.05) is 0 Å². The van der Waals surface area contributed by atoms with Gasteiger partial charge in [-0.2, -0.15) is 0 Å². The molecule has 3 heteroatoms. The highest BCUT2D eigenvalue weighted by Gasteiger charge is 2.01. The Morgan fingerprint density at radius 3 is 3.08 bits per heavy atom. The molecule has 2 nitrogen and oxygen atoms in total. The molecule has 0 unspecified atom stereocenters. The van der Waals surface area contributed by atoms with Crippen LogP contribution in [0, 0.1) is 6.92 Å². The van der Waals surface area contributed by atoms with Crippen LogP contribution in [0.5, 0.6) is 0 Å². The first-order chi connectivity index (χ1) is 5.79. The van der Waals surface area contributed by atoms with Crippen molar-refractivity contribution >= 4 is 33.7 Å². The molecule has 0 bridgehead atoms. The van der Waals surface area contributed by atoms with Crippen LogP contribution in [0.15, 0.2) is 22.6 Å². The normalized spacial score (nSPS) is 10.8. The first kappa shape index (κ1) is 8.04. The molecule has 0 aliphatic heterocycles. The molecular formula is C9H8INO. The molecular weight excluding hydrogens is 265 g/mol. The maximum absolute atomic E-state index is 5.35. The number of oxazole rings is 1. The number of aryl methyl sites for hydroxylation is 1. The first-order valence-corrected chi connectivity index (χ1v) is 5.24. The zero-order valence-corrected chi connectivity index (χ0v) is 8.83. The summed E-state index contributed by atoms with van der Waals surface area (Å²) in [4.78, 5) is 4.25. The average molecular weight is 273 g/mol. The monoisotopic (exact) mass is 273 g/mol. The van der Waals surface area contributed by atoms with Crippen LogP contribution in [-0.2, 0) is 4.43 Å². The van der Waals surface area contributed by atoms with Crippen molar-refractivity contribution < 1.29 is 4.42 Å². The van der Waals surface area contributed by atoms with Crippen LogP contribution < -0.4 is 0 Å². The number of nitrogens with zero attached hydrogens (tertiary/aromatic N) is 1. The Bertz CT molecular complexity index is 408. The van der Waals surface area contributed by atoms with Gasteiger partial charge in [-0.25, -0.2) is 4.98 Å². The number of aromatic nitrogens is 1. The predicted octanol–water partition coefficient (Wildman–Crippen LogP) is 3.07. The molecule has 1 aromatic carbocycles. The summed E-state index contributed by atoms with van der Waals surface area (Å²) in [7, 11) is 0. The van der Waals surface area contributed by atoms with Crippen LogP contribution >= 0.6 is 22.6 Å². The highest BCUT2D eigenvalue weighted by atomic mass is 127. The smallest absolute Gasteiger partial charge is 0.192 e. The highest BCUT2D eigenvalue weighted by Crippen LogP contribution is 2.17. The second-order valence-corrected chi connectivity index (χ2v) is 3.43. The van der Waals surface area contributed by atoms with Crippen molar-refractivity contribution in [2.24, 2.45) is 0 Å². The van der Waals surface area contributed by atoms with Gasteiger partial charge >= 0.3 is 0 Å². The molecule has 0 saturated carbocycles. The van der Waals surface area contributed by atoms with Crippen molar-refractivity contribution in [3.63, 3.8) is 0 Å². The third-order valence-electron chi connectivity index (χ3n) is 1.71. The second kappa shape index (κ2) is 3.05. The van der Waals surface area contributed by atoms with Crippen LogP contribution in [0.3, 0.4) is 0 Å². The maximum Gasteiger partial charge on any atom is 0.192 e. The molecule has 0 spiro atoms. The van der Waals surface area contributed by atoms with Gasteiger partial charge < -0.3 is 4.42 Å². The van der Waals surface area contributed by atoms with E-state index >= 15 is 0 Å². The molecule has 0 aliphatic carbocycles. The molecule has 1 aromatic heterocycles. The second-order valence-electron chi connectivity index (χ2n) is 2.67. The Balaban J connectivity index is 2.66. The van der Waals surface area contributed by atoms with E-state index in [9.17, 15) is 0 Å². The Labute approximate surface area is 84.1 Å². The van der Waals surface area contributed by atoms with Crippen molar-refractivity contribution in [3.05, 3.63) is 29.7 Å². The minimum Gasteiger partial charge on any atom is -0.441 e. The van der Waals surface area contributed by atoms with Crippen LogP contribution in [0.1, 0.15) is 11.5 Å². The summed E-state index contributed by atoms with van der Waals surface area (Å²) in [5, 5.41) is 0. The van der Waals surface area contributed by atoms with Crippen LogP contribution in [0.25, 0.3) is 11.1 Å². The predicted molar refractivity (Wildman–Crippen MR) is 56.5 cm³/mol. The minimum absolute atomic E-state index is 0.732. The van der Waals surface area contributed by atoms with E-state index in [-0.39, 0.29) is 0 Å². The van der Waals surface area contributed by atoms with Gasteiger partial charge in [-0.3, -0.25) is 0 Å². The lowest BCUT2D eigenvalue weighted by Gasteiger charge is -1.91. The summed E-state index contributed by atoms with van der Waals surface area (Å²) in [5.41, 5.74) is 3.12. The fourth-order valence-electron chi connectivity index (χ4n) is 1.17. The van der Waals surface area contributed by atoms with E-state index in [4.69, 9.17) is 4.42 Å². The third kappa shape index (κ3) is 1.33. The van der Waals surface area contributed by atoms with Gasteiger partial charge in [0.2, 0.25) is 0 Å². The van der Waals surface area contributed by atoms with E-state index < -0.39 is 0 Å². The van der Waals surface area contributed by atoms with Crippen molar-refractivity contribution in [1.29, 1.82) is 0 Å². The number of hydrogen-bond acceptors (Lipinski definition) is 2. The number of rotatable bonds is 1. The van der Waals surface area contributed by atoms with Crippen LogP contribution in [0.4, 0.5) is 0 Å². The molecule has 12 heavy (non-hydrogen) atoms. The molecule has 0 radical (unpaired) electrons. The fraction of sp³-hybridized carbons (Fsp3) is 0.222. The molecule has 1 heterocycles. The molecule has 0 aliphatic rings. The molecule has 62 valence electrons. The summed E-state index contributed by atoms with van der Waals surface area (Å²) in [5.74, 6) is 0.732. The summed E-state index contributed by atoms with van der Waals surface area (Å²) in [6.45, 7) is 1.86. The first-order valence-electron chi connectivity index (χ1n) is 3.71. The summed E-state index contributed by atoms with van der Waals surface area (Å²) < 4.78 is 6.37.